The number of nitrogens with one attached hydrogen (secondary N) is 7. The van der Waals surface area contributed by atoms with Crippen molar-refractivity contribution in [1.29, 1.82) is 0 Å². The van der Waals surface area contributed by atoms with E-state index >= 15 is 0 Å². The summed E-state index contributed by atoms with van der Waals surface area (Å²) in [5.41, 5.74) is -3.86. The standard InChI is InChI=1S/C26H24F3N5O6S.C25H23F3N4O5.C24H21F3N4O5.C4H9NO2S/c1-30-23(35)22-15-19(8-9-31-22)40-18-5-3-17(4-6-18)32-25(37)33-21-14-16(26(27,28)29)2-7-20(21)24(36)34-10-12-41(38,39)13-11-34;1-4-32(24(35)31-20-13-15(25(26,27)28)5-10-19(20)23(34)36-3)16-6-8-17(9-7-16)37-18-11-12-30-21(14-18)22(33)29-2;1-3-31(23(35)30-19-12-14(24(25,26)27)4-9-18(19)22(33)34)15-5-7-16(8-6-15)36-17-10-11-29-20(13-17)21(32)28-2;6-8(7)3-1-5-2-4-8/h2-9,14-15H,10-13H2,1H3,(H,30,35)(H2,32,33,37);5-14H,4H2,1-3H3,(H,29,33)(H,31,35);4-13H,3H2,1-2H3,(H,28,32)(H,30,35)(H,33,34);5H,1-4H2/p-1. The molecule has 5 heterocycles. The number of hydrogen-bond acceptors (Lipinski definition) is 22. The smallest absolute Gasteiger partial charge is 0.416 e. The lowest BCUT2D eigenvalue weighted by molar-refractivity contribution is -0.213. The summed E-state index contributed by atoms with van der Waals surface area (Å²) in [7, 11) is -0.567. The van der Waals surface area contributed by atoms with E-state index in [-0.39, 0.29) is 89.1 Å². The predicted molar refractivity (Wildman–Crippen MR) is 427 cm³/mol. The molecule has 0 saturated carbocycles. The first-order chi connectivity index (χ1) is 57.6. The predicted octanol–water partition coefficient (Wildman–Crippen LogP) is 12.3. The van der Waals surface area contributed by atoms with Crippen LogP contribution >= 0.6 is 0 Å². The molecule has 0 unspecified atom stereocenters. The maximum atomic E-state index is 13.4. The van der Waals surface area contributed by atoms with Crippen molar-refractivity contribution in [2.24, 2.45) is 4.99 Å². The number of aromatic carboxylic acids is 1. The lowest BCUT2D eigenvalue weighted by Gasteiger charge is -2.27. The molecule has 0 spiro atoms. The van der Waals surface area contributed by atoms with E-state index in [1.54, 1.807) is 74.5 Å². The van der Waals surface area contributed by atoms with Crippen molar-refractivity contribution < 1.29 is 124 Å². The zero-order valence-electron chi connectivity index (χ0n) is 65.1. The van der Waals surface area contributed by atoms with Gasteiger partial charge in [-0.3, -0.25) is 39.1 Å². The fraction of sp³-hybridized carbons (Fsp3) is 0.241. The van der Waals surface area contributed by atoms with Crippen molar-refractivity contribution in [1.82, 2.24) is 35.8 Å². The molecule has 0 radical (unpaired) electrons. The zero-order chi connectivity index (χ0) is 89.4. The number of aliphatic imine (C=N–C) groups is 1. The third-order valence-corrected chi connectivity index (χ3v) is 20.5. The minimum atomic E-state index is -4.74. The lowest BCUT2D eigenvalue weighted by atomic mass is 10.1. The van der Waals surface area contributed by atoms with Gasteiger partial charge in [-0.25, -0.2) is 40.8 Å². The van der Waals surface area contributed by atoms with Gasteiger partial charge in [0.05, 0.1) is 86.3 Å². The van der Waals surface area contributed by atoms with E-state index in [2.05, 4.69) is 61.9 Å². The highest BCUT2D eigenvalue weighted by atomic mass is 32.2. The van der Waals surface area contributed by atoms with Gasteiger partial charge in [0.15, 0.2) is 19.7 Å². The van der Waals surface area contributed by atoms with Crippen molar-refractivity contribution in [3.05, 3.63) is 233 Å². The topological polar surface area (TPSA) is 430 Å². The van der Waals surface area contributed by atoms with Crippen LogP contribution in [0.3, 0.4) is 0 Å². The van der Waals surface area contributed by atoms with Gasteiger partial charge >= 0.3 is 48.6 Å². The number of carbonyl (C=O) groups excluding carboxylic acids is 7. The van der Waals surface area contributed by atoms with Crippen LogP contribution in [0.5, 0.6) is 34.5 Å². The van der Waals surface area contributed by atoms with Crippen LogP contribution in [-0.2, 0) is 42.9 Å². The normalized spacial score (nSPS) is 13.4. The Balaban J connectivity index is 0.000000217. The highest BCUT2D eigenvalue weighted by Gasteiger charge is 2.36. The Labute approximate surface area is 690 Å². The summed E-state index contributed by atoms with van der Waals surface area (Å²) in [6.45, 7) is 4.64. The average Bonchev–Trinajstić information content (AvgIpc) is 0.814. The number of carboxylic acids is 1. The Morgan fingerprint density at radius 3 is 1.23 bits per heavy atom. The SMILES string of the molecule is CCN(C(=O)Nc1cc(C(F)(F)F)ccc1C(=O)O)c1ccc(Oc2ccnc(C(=O)NC)c2)cc1.CCN(C(=O)Nc1cc(C(F)(F)F)ccc1C(=O)OC)c1ccc(Oc2ccnc(C(=O)NC)c2)cc1.CN=C([O-])c1cc(Oc2ccc(NC(=O)Nc3cc(C(F)(F)F)ccc3C(=O)N3CCS(=O)(=O)CC3)cc2)ccn1.O=S1(=O)CCNCC1. The van der Waals surface area contributed by atoms with Gasteiger partial charge in [0.1, 0.15) is 45.9 Å². The minimum absolute atomic E-state index is 0.0951. The molecular formula is C79H76F9N14O18S2-. The summed E-state index contributed by atoms with van der Waals surface area (Å²) in [6.07, 6.45) is -9.91. The number of benzene rings is 6. The van der Waals surface area contributed by atoms with Crippen LogP contribution in [0.4, 0.5) is 88.0 Å². The number of hydrogen-bond donors (Lipinski definition) is 8. The molecule has 2 aliphatic rings. The number of methoxy groups -OCH3 is 1. The van der Waals surface area contributed by atoms with Crippen molar-refractivity contribution >= 4 is 107 Å². The van der Waals surface area contributed by atoms with Crippen molar-refractivity contribution in [2.45, 2.75) is 32.4 Å². The number of esters is 1. The molecule has 646 valence electrons. The van der Waals surface area contributed by atoms with Gasteiger partial charge < -0.3 is 76.3 Å². The summed E-state index contributed by atoms with van der Waals surface area (Å²) >= 11 is 0. The van der Waals surface area contributed by atoms with Crippen LogP contribution in [0, 0.1) is 0 Å². The molecule has 32 nitrogen and oxygen atoms in total. The molecule has 9 aromatic rings. The van der Waals surface area contributed by atoms with E-state index in [1.807, 2.05) is 0 Å². The molecule has 8 N–H and O–H groups in total. The fourth-order valence-electron chi connectivity index (χ4n) is 11.0. The van der Waals surface area contributed by atoms with E-state index in [9.17, 15) is 105 Å². The van der Waals surface area contributed by atoms with Crippen molar-refractivity contribution in [3.63, 3.8) is 0 Å². The molecule has 11 rings (SSSR count). The number of halogens is 9. The monoisotopic (exact) mass is 1740 g/mol. The Hall–Kier alpha value is -14.0. The summed E-state index contributed by atoms with van der Waals surface area (Å²) in [6, 6.07) is 31.6. The van der Waals surface area contributed by atoms with Crippen LogP contribution in [0.25, 0.3) is 0 Å². The van der Waals surface area contributed by atoms with E-state index in [1.165, 1.54) is 103 Å². The van der Waals surface area contributed by atoms with E-state index in [0.29, 0.717) is 101 Å². The van der Waals surface area contributed by atoms with Crippen LogP contribution in [0.15, 0.2) is 187 Å². The molecule has 2 fully saturated rings. The first kappa shape index (κ1) is 93.5. The number of amides is 9. The summed E-state index contributed by atoms with van der Waals surface area (Å²) in [5.74, 6) is -2.10. The molecule has 9 amide bonds. The molecule has 0 aliphatic carbocycles. The van der Waals surface area contributed by atoms with Gasteiger partial charge in [-0.2, -0.15) is 39.5 Å². The summed E-state index contributed by atoms with van der Waals surface area (Å²) in [5, 5.41) is 38.3. The van der Waals surface area contributed by atoms with E-state index < -0.39 is 114 Å². The Morgan fingerprint density at radius 2 is 0.861 bits per heavy atom. The highest BCUT2D eigenvalue weighted by molar-refractivity contribution is 7.91. The minimum Gasteiger partial charge on any atom is -0.857 e. The van der Waals surface area contributed by atoms with Crippen LogP contribution in [0.1, 0.15) is 88.3 Å². The number of anilines is 6. The zero-order valence-corrected chi connectivity index (χ0v) is 66.8. The molecular weight excluding hydrogens is 1670 g/mol. The fourth-order valence-corrected chi connectivity index (χ4v) is 13.3. The van der Waals surface area contributed by atoms with Crippen molar-refractivity contribution in [3.8, 4) is 34.5 Å². The van der Waals surface area contributed by atoms with Gasteiger partial charge in [0.2, 0.25) is 0 Å². The van der Waals surface area contributed by atoms with E-state index in [0.717, 1.165) is 31.4 Å². The van der Waals surface area contributed by atoms with Gasteiger partial charge in [-0.1, -0.05) is 0 Å². The number of pyridine rings is 3. The Morgan fingerprint density at radius 1 is 0.492 bits per heavy atom. The van der Waals surface area contributed by atoms with Crippen molar-refractivity contribution in [2.75, 3.05) is 122 Å². The number of nitrogens with zero attached hydrogens (tertiary/aromatic N) is 7. The molecule has 6 aromatic carbocycles. The van der Waals surface area contributed by atoms with Gasteiger partial charge in [-0.15, -0.1) is 0 Å². The maximum absolute atomic E-state index is 13.4. The van der Waals surface area contributed by atoms with Crippen LogP contribution < -0.4 is 66.3 Å². The van der Waals surface area contributed by atoms with Gasteiger partial charge in [-0.05, 0) is 159 Å². The molecule has 122 heavy (non-hydrogen) atoms. The number of carboxylic acid groups (broad SMARTS) is 1. The quantitative estimate of drug-likeness (QED) is 0.0152. The number of carbonyl (C=O) groups is 8. The number of alkyl halides is 9. The highest BCUT2D eigenvalue weighted by Crippen LogP contribution is 2.37. The molecule has 0 atom stereocenters. The first-order valence-corrected chi connectivity index (χ1v) is 39.7. The van der Waals surface area contributed by atoms with Crippen LogP contribution in [-0.4, -0.2) is 186 Å². The summed E-state index contributed by atoms with van der Waals surface area (Å²) in [4.78, 5) is 118. The van der Waals surface area contributed by atoms with Crippen LogP contribution in [0.2, 0.25) is 0 Å². The largest absolute Gasteiger partial charge is 0.857 e. The molecule has 0 bridgehead atoms. The molecule has 3 aromatic heterocycles. The number of urea groups is 3. The average molecular weight is 1740 g/mol. The second-order valence-corrected chi connectivity index (χ2v) is 30.1. The van der Waals surface area contributed by atoms with Gasteiger partial charge in [0, 0.05) is 120 Å². The first-order valence-electron chi connectivity index (χ1n) is 36.1. The summed E-state index contributed by atoms with van der Waals surface area (Å²) < 4.78 is 185. The maximum Gasteiger partial charge on any atom is 0.416 e. The lowest BCUT2D eigenvalue weighted by Crippen LogP contribution is -2.44. The second-order valence-electron chi connectivity index (χ2n) is 25.5. The Kier molecular flexibility index (Phi) is 31.9. The Bertz CT molecular complexity index is 5540. The second kappa shape index (κ2) is 41.6. The third-order valence-electron chi connectivity index (χ3n) is 17.2. The van der Waals surface area contributed by atoms with E-state index in [4.69, 9.17) is 14.2 Å². The third kappa shape index (κ3) is 26.8. The number of sulfone groups is 2. The molecule has 2 saturated heterocycles. The number of rotatable bonds is 20. The number of aromatic nitrogens is 3. The molecule has 2 aliphatic heterocycles. The number of ether oxygens (including phenoxy) is 4. The molecule has 43 heteroatoms. The van der Waals surface area contributed by atoms with Gasteiger partial charge in [0.25, 0.3) is 17.7 Å².